The van der Waals surface area contributed by atoms with Crippen molar-refractivity contribution in [1.82, 2.24) is 9.55 Å². The highest BCUT2D eigenvalue weighted by molar-refractivity contribution is 7.71. The molecule has 0 radical (unpaired) electrons. The van der Waals surface area contributed by atoms with Gasteiger partial charge in [0.1, 0.15) is 11.3 Å². The van der Waals surface area contributed by atoms with Crippen LogP contribution >= 0.6 is 12.2 Å². The molecule has 0 bridgehead atoms. The third kappa shape index (κ3) is 2.15. The van der Waals surface area contributed by atoms with E-state index >= 15 is 0 Å². The Morgan fingerprint density at radius 2 is 2.25 bits per heavy atom. The fourth-order valence-electron chi connectivity index (χ4n) is 2.82. The number of nitrogens with zero attached hydrogens (tertiary/aromatic N) is 1. The summed E-state index contributed by atoms with van der Waals surface area (Å²) in [5.41, 5.74) is 1.98. The average Bonchev–Trinajstić information content (AvgIpc) is 2.93. The van der Waals surface area contributed by atoms with E-state index in [1.807, 2.05) is 26.0 Å². The summed E-state index contributed by atoms with van der Waals surface area (Å²) in [6, 6.07) is 6.07. The van der Waals surface area contributed by atoms with Gasteiger partial charge in [0.25, 0.3) is 0 Å². The molecule has 2 heterocycles. The molecule has 0 amide bonds. The number of imidazole rings is 1. The summed E-state index contributed by atoms with van der Waals surface area (Å²) in [5.74, 6) is 0.852. The maximum Gasteiger partial charge on any atom is 0.178 e. The number of H-pyrrole nitrogens is 1. The number of aromatic amines is 1. The van der Waals surface area contributed by atoms with Crippen molar-refractivity contribution in [2.75, 3.05) is 13.2 Å². The van der Waals surface area contributed by atoms with E-state index in [9.17, 15) is 0 Å². The minimum Gasteiger partial charge on any atom is -0.489 e. The van der Waals surface area contributed by atoms with Crippen molar-refractivity contribution in [3.8, 4) is 5.75 Å². The molecule has 1 aliphatic rings. The van der Waals surface area contributed by atoms with Crippen LogP contribution in [0.25, 0.3) is 11.0 Å². The first kappa shape index (κ1) is 13.6. The predicted molar refractivity (Wildman–Crippen MR) is 82.0 cm³/mol. The fraction of sp³-hybridized carbons (Fsp3) is 0.533. The number of aromatic nitrogens is 2. The summed E-state index contributed by atoms with van der Waals surface area (Å²) < 4.78 is 14.3. The Kier molecular flexibility index (Phi) is 3.34. The molecule has 1 aliphatic heterocycles. The van der Waals surface area contributed by atoms with E-state index in [4.69, 9.17) is 21.7 Å². The molecule has 20 heavy (non-hydrogen) atoms. The van der Waals surface area contributed by atoms with Crippen molar-refractivity contribution in [2.24, 2.45) is 0 Å². The molecule has 1 N–H and O–H groups in total. The second-order valence-corrected chi connectivity index (χ2v) is 6.27. The second kappa shape index (κ2) is 4.90. The van der Waals surface area contributed by atoms with Gasteiger partial charge in [-0.1, -0.05) is 6.07 Å². The fourth-order valence-corrected chi connectivity index (χ4v) is 3.25. The van der Waals surface area contributed by atoms with Gasteiger partial charge >= 0.3 is 0 Å². The first-order valence-electron chi connectivity index (χ1n) is 7.00. The smallest absolute Gasteiger partial charge is 0.178 e. The molecule has 0 aliphatic carbocycles. The summed E-state index contributed by atoms with van der Waals surface area (Å²) >= 11 is 5.53. The number of fused-ring (bicyclic) bond motifs is 1. The molecule has 4 nitrogen and oxygen atoms in total. The predicted octanol–water partition coefficient (Wildman–Crippen LogP) is 3.62. The molecule has 108 valence electrons. The minimum atomic E-state index is -0.0776. The summed E-state index contributed by atoms with van der Waals surface area (Å²) in [7, 11) is 0. The maximum atomic E-state index is 5.87. The molecule has 1 aromatic carbocycles. The molecule has 1 unspecified atom stereocenters. The number of ether oxygens (including phenoxy) is 2. The summed E-state index contributed by atoms with van der Waals surface area (Å²) in [5, 5.41) is 0. The molecular weight excluding hydrogens is 272 g/mol. The van der Waals surface area contributed by atoms with Gasteiger partial charge < -0.3 is 19.0 Å². The molecular formula is C15H20N2O2S. The van der Waals surface area contributed by atoms with Crippen molar-refractivity contribution >= 4 is 23.3 Å². The van der Waals surface area contributed by atoms with E-state index < -0.39 is 0 Å². The minimum absolute atomic E-state index is 0.0776. The van der Waals surface area contributed by atoms with Crippen LogP contribution in [0, 0.1) is 4.77 Å². The topological polar surface area (TPSA) is 39.2 Å². The SMILES string of the molecule is CC(C)Oc1cccc2c1[nH]c(=S)n2C1(C)CCOC1. The lowest BCUT2D eigenvalue weighted by atomic mass is 10.0. The van der Waals surface area contributed by atoms with Crippen molar-refractivity contribution < 1.29 is 9.47 Å². The molecule has 1 atom stereocenters. The van der Waals surface area contributed by atoms with Crippen molar-refractivity contribution in [2.45, 2.75) is 38.8 Å². The summed E-state index contributed by atoms with van der Waals surface area (Å²) in [4.78, 5) is 3.30. The zero-order chi connectivity index (χ0) is 14.3. The molecule has 0 saturated carbocycles. The van der Waals surface area contributed by atoms with Crippen LogP contribution in [0.1, 0.15) is 27.2 Å². The van der Waals surface area contributed by atoms with Crippen LogP contribution in [-0.2, 0) is 10.3 Å². The number of benzene rings is 1. The van der Waals surface area contributed by atoms with Crippen molar-refractivity contribution in [1.29, 1.82) is 0 Å². The van der Waals surface area contributed by atoms with Gasteiger partial charge in [-0.3, -0.25) is 0 Å². The summed E-state index contributed by atoms with van der Waals surface area (Å²) in [6.07, 6.45) is 1.11. The van der Waals surface area contributed by atoms with E-state index in [-0.39, 0.29) is 11.6 Å². The average molecular weight is 292 g/mol. The first-order chi connectivity index (χ1) is 9.51. The summed E-state index contributed by atoms with van der Waals surface area (Å²) in [6.45, 7) is 7.73. The van der Waals surface area contributed by atoms with Gasteiger partial charge in [0, 0.05) is 6.61 Å². The number of rotatable bonds is 3. The quantitative estimate of drug-likeness (QED) is 0.878. The van der Waals surface area contributed by atoms with Crippen LogP contribution in [0.15, 0.2) is 18.2 Å². The molecule has 1 saturated heterocycles. The van der Waals surface area contributed by atoms with Gasteiger partial charge in [0.2, 0.25) is 0 Å². The maximum absolute atomic E-state index is 5.87. The number of hydrogen-bond donors (Lipinski definition) is 1. The Labute approximate surface area is 123 Å². The lowest BCUT2D eigenvalue weighted by Crippen LogP contribution is -2.30. The normalized spacial score (nSPS) is 22.8. The zero-order valence-electron chi connectivity index (χ0n) is 12.1. The third-order valence-corrected chi connectivity index (χ3v) is 4.07. The Balaban J connectivity index is 2.19. The van der Waals surface area contributed by atoms with Crippen molar-refractivity contribution in [3.05, 3.63) is 23.0 Å². The van der Waals surface area contributed by atoms with E-state index in [0.717, 1.165) is 34.6 Å². The van der Waals surface area contributed by atoms with E-state index in [2.05, 4.69) is 22.5 Å². The van der Waals surface area contributed by atoms with Gasteiger partial charge in [0.05, 0.1) is 23.8 Å². The van der Waals surface area contributed by atoms with E-state index in [1.165, 1.54) is 0 Å². The number of nitrogens with one attached hydrogen (secondary N) is 1. The van der Waals surface area contributed by atoms with Crippen LogP contribution in [0.2, 0.25) is 0 Å². The highest BCUT2D eigenvalue weighted by Gasteiger charge is 2.33. The molecule has 1 aromatic heterocycles. The highest BCUT2D eigenvalue weighted by Crippen LogP contribution is 2.34. The second-order valence-electron chi connectivity index (χ2n) is 5.88. The first-order valence-corrected chi connectivity index (χ1v) is 7.41. The zero-order valence-corrected chi connectivity index (χ0v) is 12.9. The van der Waals surface area contributed by atoms with Gasteiger partial charge in [-0.05, 0) is 51.5 Å². The lowest BCUT2D eigenvalue weighted by Gasteiger charge is -2.25. The van der Waals surface area contributed by atoms with Crippen LogP contribution in [-0.4, -0.2) is 28.9 Å². The van der Waals surface area contributed by atoms with Crippen LogP contribution in [0.3, 0.4) is 0 Å². The van der Waals surface area contributed by atoms with Gasteiger partial charge in [-0.25, -0.2) is 0 Å². The largest absolute Gasteiger partial charge is 0.489 e. The molecule has 0 spiro atoms. The van der Waals surface area contributed by atoms with Gasteiger partial charge in [-0.15, -0.1) is 0 Å². The van der Waals surface area contributed by atoms with Crippen LogP contribution in [0.4, 0.5) is 0 Å². The molecule has 5 heteroatoms. The standard InChI is InChI=1S/C15H20N2O2S/c1-10(2)19-12-6-4-5-11-13(12)16-14(20)17(11)15(3)7-8-18-9-15/h4-6,10H,7-9H2,1-3H3,(H,16,20). The van der Waals surface area contributed by atoms with E-state index in [1.54, 1.807) is 0 Å². The molecule has 3 rings (SSSR count). The lowest BCUT2D eigenvalue weighted by molar-refractivity contribution is 0.162. The van der Waals surface area contributed by atoms with Gasteiger partial charge in [-0.2, -0.15) is 0 Å². The molecule has 2 aromatic rings. The number of para-hydroxylation sites is 1. The monoisotopic (exact) mass is 292 g/mol. The van der Waals surface area contributed by atoms with Crippen molar-refractivity contribution in [3.63, 3.8) is 0 Å². The number of hydrogen-bond acceptors (Lipinski definition) is 3. The highest BCUT2D eigenvalue weighted by atomic mass is 32.1. The van der Waals surface area contributed by atoms with Crippen LogP contribution < -0.4 is 4.74 Å². The Morgan fingerprint density at radius 1 is 1.45 bits per heavy atom. The van der Waals surface area contributed by atoms with Gasteiger partial charge in [0.15, 0.2) is 4.77 Å². The molecule has 1 fully saturated rings. The van der Waals surface area contributed by atoms with Crippen LogP contribution in [0.5, 0.6) is 5.75 Å². The Hall–Kier alpha value is -1.33. The third-order valence-electron chi connectivity index (χ3n) is 3.78. The Morgan fingerprint density at radius 3 is 2.90 bits per heavy atom. The van der Waals surface area contributed by atoms with E-state index in [0.29, 0.717) is 6.61 Å². The Bertz CT molecular complexity index is 681.